The minimum absolute atomic E-state index is 0.0304. The number of ketones is 1. The quantitative estimate of drug-likeness (QED) is 0.0149. The van der Waals surface area contributed by atoms with Crippen LogP contribution in [0.15, 0.2) is 50.1 Å². The van der Waals surface area contributed by atoms with E-state index >= 15 is 0 Å². The number of hydrogen-bond donors (Lipinski definition) is 1. The molecule has 0 spiro atoms. The topological polar surface area (TPSA) is 235 Å². The average Bonchev–Trinajstić information content (AvgIpc) is 0.787. The van der Waals surface area contributed by atoms with E-state index in [9.17, 15) is 28.8 Å². The molecule has 0 bridgehead atoms. The number of hydrogen-bond acceptors (Lipinski definition) is 20. The van der Waals surface area contributed by atoms with Crippen molar-refractivity contribution in [1.29, 1.82) is 0 Å². The Kier molecular flexibility index (Phi) is 55.7. The number of aliphatic hydroxyl groups excluding tert-OH is 1. The Balaban J connectivity index is 2.65. The molecule has 0 aliphatic carbocycles. The van der Waals surface area contributed by atoms with Gasteiger partial charge in [-0.05, 0) is 57.8 Å². The molecule has 21 heteroatoms. The van der Waals surface area contributed by atoms with Gasteiger partial charge in [-0.3, -0.25) is 28.0 Å². The average molecular weight is 1400 g/mol. The van der Waals surface area contributed by atoms with Gasteiger partial charge in [0.1, 0.15) is 49.3 Å². The second-order valence-corrected chi connectivity index (χ2v) is 27.7. The van der Waals surface area contributed by atoms with Gasteiger partial charge < -0.3 is 57.2 Å². The Morgan fingerprint density at radius 1 is 0.474 bits per heavy atom. The van der Waals surface area contributed by atoms with Crippen LogP contribution in [0.3, 0.4) is 0 Å². The van der Waals surface area contributed by atoms with Crippen molar-refractivity contribution >= 4 is 31.7 Å². The Labute approximate surface area is 586 Å². The monoisotopic (exact) mass is 1400 g/mol. The van der Waals surface area contributed by atoms with Gasteiger partial charge in [-0.1, -0.05) is 244 Å². The normalized spacial score (nSPS) is 21.5. The standard InChI is InChI=1S/C76H135O20P/c1-10-17-21-25-28-31-32-33-34-35-36-38-40-44-48-52-66(78)93-73-71(86-58-53-63(84-9)51-47-42-24-20-13-4)69(96-97(82,89-55-15-6)90-56-16-7)64(60-83-8)92-75(73)88-61-65-68(95-76(81)87-54-14-5)70(85-57-49-45-41-30-27-23-19-12-3)72(74(80)91-65)94-67(79)59-62(77)50-46-43-39-37-29-26-22-18-11-2/h14-16,31-32,63-65,68-75,80H,5-7,10-13,17-30,33-61H2,1-4,8-9H3/b32-31-/t63-,64-,65-,68-,69-,70+,71+,72-,73-,74?,75-/m1/s1. The van der Waals surface area contributed by atoms with Crippen LogP contribution < -0.4 is 0 Å². The third kappa shape index (κ3) is 42.6. The second-order valence-electron chi connectivity index (χ2n) is 26.0. The number of rotatable bonds is 66. The van der Waals surface area contributed by atoms with Crippen molar-refractivity contribution in [2.45, 2.75) is 352 Å². The lowest BCUT2D eigenvalue weighted by Crippen LogP contribution is -2.64. The zero-order chi connectivity index (χ0) is 70.8. The highest BCUT2D eigenvalue weighted by Gasteiger charge is 2.55. The van der Waals surface area contributed by atoms with Gasteiger partial charge in [-0.15, -0.1) is 13.2 Å². The van der Waals surface area contributed by atoms with E-state index < -0.39 is 100 Å². The molecule has 1 N–H and O–H groups in total. The predicted octanol–water partition coefficient (Wildman–Crippen LogP) is 18.1. The van der Waals surface area contributed by atoms with Crippen LogP contribution >= 0.6 is 7.82 Å². The van der Waals surface area contributed by atoms with E-state index in [0.29, 0.717) is 25.7 Å². The first-order chi connectivity index (χ1) is 47.3. The van der Waals surface area contributed by atoms with Gasteiger partial charge in [0.05, 0.1) is 32.5 Å². The fourth-order valence-electron chi connectivity index (χ4n) is 12.0. The number of phosphoric ester groups is 1. The van der Waals surface area contributed by atoms with Gasteiger partial charge in [0.15, 0.2) is 30.9 Å². The van der Waals surface area contributed by atoms with E-state index in [0.717, 1.165) is 154 Å². The summed E-state index contributed by atoms with van der Waals surface area (Å²) in [5.41, 5.74) is 0. The number of unbranched alkanes of at least 4 members (excludes halogenated alkanes) is 30. The maximum absolute atomic E-state index is 14.7. The maximum Gasteiger partial charge on any atom is 0.509 e. The highest BCUT2D eigenvalue weighted by atomic mass is 31.2. The maximum atomic E-state index is 14.7. The third-order valence-electron chi connectivity index (χ3n) is 17.6. The lowest BCUT2D eigenvalue weighted by molar-refractivity contribution is -0.332. The lowest BCUT2D eigenvalue weighted by Gasteiger charge is -2.47. The van der Waals surface area contributed by atoms with Crippen LogP contribution in [0.25, 0.3) is 0 Å². The molecule has 2 saturated heterocycles. The molecule has 2 aliphatic rings. The molecule has 2 aliphatic heterocycles. The van der Waals surface area contributed by atoms with Crippen LogP contribution in [0.5, 0.6) is 0 Å². The summed E-state index contributed by atoms with van der Waals surface area (Å²) in [6.07, 6.45) is 30.4. The number of Topliss-reactive ketones (excluding diaryl/α,β-unsaturated/α-hetero) is 1. The molecule has 20 nitrogen and oxygen atoms in total. The number of aliphatic hydroxyl groups is 1. The Morgan fingerprint density at radius 2 is 0.948 bits per heavy atom. The molecule has 11 atom stereocenters. The summed E-state index contributed by atoms with van der Waals surface area (Å²) < 4.78 is 101. The van der Waals surface area contributed by atoms with Crippen molar-refractivity contribution in [3.63, 3.8) is 0 Å². The highest BCUT2D eigenvalue weighted by Crippen LogP contribution is 2.53. The molecule has 0 amide bonds. The molecule has 1 unspecified atom stereocenters. The molecule has 564 valence electrons. The molecule has 0 aromatic heterocycles. The predicted molar refractivity (Wildman–Crippen MR) is 380 cm³/mol. The molecule has 0 aromatic rings. The zero-order valence-corrected chi connectivity index (χ0v) is 62.1. The van der Waals surface area contributed by atoms with Crippen molar-refractivity contribution in [2.24, 2.45) is 0 Å². The van der Waals surface area contributed by atoms with Gasteiger partial charge in [0, 0.05) is 40.3 Å². The molecule has 2 rings (SSSR count). The molecule has 2 heterocycles. The number of phosphoric acid groups is 1. The number of carbonyl (C=O) groups excluding carboxylic acids is 4. The summed E-state index contributed by atoms with van der Waals surface area (Å²) in [5, 5.41) is 12.0. The first-order valence-corrected chi connectivity index (χ1v) is 39.4. The smallest absolute Gasteiger partial charge is 0.454 e. The molecular formula is C76H135O20P. The van der Waals surface area contributed by atoms with Gasteiger partial charge in [0.25, 0.3) is 0 Å². The van der Waals surface area contributed by atoms with Crippen LogP contribution in [0, 0.1) is 0 Å². The van der Waals surface area contributed by atoms with E-state index in [2.05, 4.69) is 59.6 Å². The van der Waals surface area contributed by atoms with Crippen molar-refractivity contribution < 1.29 is 94.5 Å². The van der Waals surface area contributed by atoms with Crippen molar-refractivity contribution in [1.82, 2.24) is 0 Å². The highest BCUT2D eigenvalue weighted by molar-refractivity contribution is 7.48. The Hall–Kier alpha value is -3.37. The van der Waals surface area contributed by atoms with Gasteiger partial charge in [-0.25, -0.2) is 9.36 Å². The van der Waals surface area contributed by atoms with E-state index in [4.69, 9.17) is 65.7 Å². The Morgan fingerprint density at radius 3 is 1.49 bits per heavy atom. The number of carbonyl (C=O) groups is 4. The number of esters is 2. The summed E-state index contributed by atoms with van der Waals surface area (Å²) in [6.45, 7) is 18.6. The molecule has 97 heavy (non-hydrogen) atoms. The van der Waals surface area contributed by atoms with E-state index in [1.54, 1.807) is 7.11 Å². The molecule has 0 aromatic carbocycles. The minimum atomic E-state index is -4.52. The summed E-state index contributed by atoms with van der Waals surface area (Å²) in [6, 6.07) is 0. The molecular weight excluding hydrogens is 1260 g/mol. The largest absolute Gasteiger partial charge is 0.509 e. The van der Waals surface area contributed by atoms with Crippen molar-refractivity contribution in [3.8, 4) is 0 Å². The first kappa shape index (κ1) is 89.7. The number of methoxy groups -OCH3 is 2. The lowest BCUT2D eigenvalue weighted by atomic mass is 9.97. The zero-order valence-electron chi connectivity index (χ0n) is 61.2. The Bertz CT molecular complexity index is 2060. The molecule has 2 fully saturated rings. The van der Waals surface area contributed by atoms with Crippen LogP contribution in [-0.4, -0.2) is 157 Å². The summed E-state index contributed by atoms with van der Waals surface area (Å²) in [7, 11) is -1.43. The second kappa shape index (κ2) is 60.2. The summed E-state index contributed by atoms with van der Waals surface area (Å²) in [4.78, 5) is 55.1. The summed E-state index contributed by atoms with van der Waals surface area (Å²) >= 11 is 0. The van der Waals surface area contributed by atoms with E-state index in [1.165, 1.54) is 83.1 Å². The third-order valence-corrected chi connectivity index (χ3v) is 19.0. The SMILES string of the molecule is C=CCOC(=O)O[C@H]1[C@H](OCCCCCCCCCC)[C@@H](OC(=O)CC(=O)CCCCCCCCCCC)C(O)O[C@@H]1CO[C@@H]1O[C@H](COC)[C@@H](OP(=O)(OCC=C)OCC=C)[C@H](OCC[C@@H](CCCCCCC)OC)[C@H]1OC(=O)CCCCCCCCC/C=C\CCCCCC. The van der Waals surface area contributed by atoms with E-state index in [-0.39, 0.29) is 64.4 Å². The number of allylic oxidation sites excluding steroid dienone is 2. The van der Waals surface area contributed by atoms with Crippen molar-refractivity contribution in [3.05, 3.63) is 50.1 Å². The fraction of sp³-hybridized carbons (Fsp3) is 0.842. The van der Waals surface area contributed by atoms with Crippen LogP contribution in [0.2, 0.25) is 0 Å². The minimum Gasteiger partial charge on any atom is -0.454 e. The first-order valence-electron chi connectivity index (χ1n) is 37.9. The molecule has 0 saturated carbocycles. The van der Waals surface area contributed by atoms with Crippen LogP contribution in [0.1, 0.15) is 285 Å². The van der Waals surface area contributed by atoms with Gasteiger partial charge in [0.2, 0.25) is 0 Å². The summed E-state index contributed by atoms with van der Waals surface area (Å²) in [5.74, 6) is -1.82. The van der Waals surface area contributed by atoms with Crippen molar-refractivity contribution in [2.75, 3.05) is 60.5 Å². The van der Waals surface area contributed by atoms with Crippen LogP contribution in [-0.2, 0) is 84.6 Å². The van der Waals surface area contributed by atoms with E-state index in [1.807, 2.05) is 0 Å². The number of ether oxygens (including phenoxy) is 11. The van der Waals surface area contributed by atoms with Crippen LogP contribution in [0.4, 0.5) is 4.79 Å². The van der Waals surface area contributed by atoms with Gasteiger partial charge >= 0.3 is 25.9 Å². The van der Waals surface area contributed by atoms with Gasteiger partial charge in [-0.2, -0.15) is 0 Å². The molecule has 0 radical (unpaired) electrons. The fourth-order valence-corrected chi connectivity index (χ4v) is 13.3.